The van der Waals surface area contributed by atoms with Crippen molar-refractivity contribution in [3.05, 3.63) is 34.1 Å². The fourth-order valence-corrected chi connectivity index (χ4v) is 4.72. The zero-order chi connectivity index (χ0) is 16.0. The van der Waals surface area contributed by atoms with Crippen molar-refractivity contribution in [1.29, 1.82) is 0 Å². The van der Waals surface area contributed by atoms with E-state index >= 15 is 0 Å². The molecule has 0 aromatic carbocycles. The van der Waals surface area contributed by atoms with E-state index < -0.39 is 0 Å². The molecular weight excluding hydrogens is 378 g/mol. The summed E-state index contributed by atoms with van der Waals surface area (Å²) in [5, 5.41) is 9.86. The van der Waals surface area contributed by atoms with Crippen molar-refractivity contribution in [1.82, 2.24) is 25.5 Å². The summed E-state index contributed by atoms with van der Waals surface area (Å²) in [6, 6.07) is 0. The minimum absolute atomic E-state index is 0.307. The van der Waals surface area contributed by atoms with E-state index in [4.69, 9.17) is 10.7 Å². The van der Waals surface area contributed by atoms with Crippen LogP contribution in [-0.4, -0.2) is 51.1 Å². The molecule has 3 aliphatic rings. The first-order chi connectivity index (χ1) is 11.1. The van der Waals surface area contributed by atoms with Crippen molar-refractivity contribution >= 4 is 39.0 Å². The van der Waals surface area contributed by atoms with Gasteiger partial charge in [0.2, 0.25) is 0 Å². The van der Waals surface area contributed by atoms with Crippen LogP contribution in [0.1, 0.15) is 5.56 Å². The fraction of sp³-hybridized carbons (Fsp3) is 0.429. The van der Waals surface area contributed by atoms with Gasteiger partial charge in [0.1, 0.15) is 5.82 Å². The van der Waals surface area contributed by atoms with Gasteiger partial charge in [-0.1, -0.05) is 0 Å². The van der Waals surface area contributed by atoms with Gasteiger partial charge < -0.3 is 11.1 Å². The maximum atomic E-state index is 6.34. The summed E-state index contributed by atoms with van der Waals surface area (Å²) >= 11 is 5.55. The smallest absolute Gasteiger partial charge is 0.154 e. The lowest BCUT2D eigenvalue weighted by atomic mass is 10.1. The van der Waals surface area contributed by atoms with Crippen LogP contribution in [0.15, 0.2) is 33.5 Å². The maximum absolute atomic E-state index is 6.34. The lowest BCUT2D eigenvalue weighted by molar-refractivity contribution is 0.344. The monoisotopic (exact) mass is 395 g/mol. The summed E-state index contributed by atoms with van der Waals surface area (Å²) in [6.45, 7) is 2.65. The second kappa shape index (κ2) is 5.97. The Morgan fingerprint density at radius 3 is 3.04 bits per heavy atom. The molecule has 0 bridgehead atoms. The summed E-state index contributed by atoms with van der Waals surface area (Å²) in [7, 11) is 1.92. The van der Waals surface area contributed by atoms with Gasteiger partial charge in [0.15, 0.2) is 5.82 Å². The first kappa shape index (κ1) is 15.3. The van der Waals surface area contributed by atoms with E-state index in [9.17, 15) is 0 Å². The molecule has 4 rings (SSSR count). The lowest BCUT2D eigenvalue weighted by Crippen LogP contribution is -2.43. The van der Waals surface area contributed by atoms with E-state index in [0.717, 1.165) is 46.0 Å². The van der Waals surface area contributed by atoms with Gasteiger partial charge in [-0.25, -0.2) is 15.4 Å². The molecule has 1 saturated heterocycles. The van der Waals surface area contributed by atoms with Crippen molar-refractivity contribution in [2.75, 3.05) is 25.4 Å². The van der Waals surface area contributed by atoms with Crippen molar-refractivity contribution in [2.24, 2.45) is 17.8 Å². The van der Waals surface area contributed by atoms with Crippen molar-refractivity contribution in [3.63, 3.8) is 0 Å². The van der Waals surface area contributed by atoms with Crippen LogP contribution >= 0.6 is 27.7 Å². The number of allylic oxidation sites excluding steroid dienone is 1. The molecule has 1 aromatic rings. The van der Waals surface area contributed by atoms with Crippen LogP contribution < -0.4 is 16.5 Å². The molecule has 3 aliphatic heterocycles. The minimum Gasteiger partial charge on any atom is -0.383 e. The Morgan fingerprint density at radius 2 is 2.35 bits per heavy atom. The molecule has 0 aliphatic carbocycles. The van der Waals surface area contributed by atoms with Gasteiger partial charge in [0.25, 0.3) is 0 Å². The minimum atomic E-state index is 0.307. The van der Waals surface area contributed by atoms with Crippen LogP contribution in [0.25, 0.3) is 5.57 Å². The van der Waals surface area contributed by atoms with Crippen LogP contribution in [0.4, 0.5) is 0 Å². The molecule has 4 heterocycles. The highest BCUT2D eigenvalue weighted by Crippen LogP contribution is 2.35. The predicted molar refractivity (Wildman–Crippen MR) is 96.7 cm³/mol. The number of aromatic nitrogens is 2. The Hall–Kier alpha value is -1.29. The number of hydrogen-bond acceptors (Lipinski definition) is 7. The second-order valence-electron chi connectivity index (χ2n) is 5.63. The summed E-state index contributed by atoms with van der Waals surface area (Å²) in [5.41, 5.74) is 12.8. The van der Waals surface area contributed by atoms with Gasteiger partial charge in [-0.05, 0) is 15.9 Å². The molecule has 1 unspecified atom stereocenters. The van der Waals surface area contributed by atoms with Crippen LogP contribution in [0.2, 0.25) is 0 Å². The Bertz CT molecular complexity index is 729. The Labute approximate surface area is 147 Å². The first-order valence-electron chi connectivity index (χ1n) is 7.47. The van der Waals surface area contributed by atoms with Gasteiger partial charge in [0, 0.05) is 49.8 Å². The third kappa shape index (κ3) is 2.61. The largest absolute Gasteiger partial charge is 0.383 e. The third-order valence-corrected chi connectivity index (χ3v) is 6.14. The summed E-state index contributed by atoms with van der Waals surface area (Å²) < 4.78 is 2.68. The standard InChI is InChI=1S/C14H18BrN7S/c1-21-7-8(4-18-21)9-5-19-22-13(16)11(15)12(20-14(9)22)10-6-17-2-3-23-10/h4,7,10,17,19H,2-3,5-6,16H2,1H3. The van der Waals surface area contributed by atoms with Crippen molar-refractivity contribution < 1.29 is 0 Å². The highest BCUT2D eigenvalue weighted by Gasteiger charge is 2.34. The van der Waals surface area contributed by atoms with E-state index in [1.54, 1.807) is 4.68 Å². The molecule has 0 amide bonds. The van der Waals surface area contributed by atoms with E-state index in [1.165, 1.54) is 0 Å². The second-order valence-corrected chi connectivity index (χ2v) is 7.74. The fourth-order valence-electron chi connectivity index (χ4n) is 2.92. The number of nitrogens with two attached hydrogens (primary N) is 1. The number of hydrazine groups is 1. The molecule has 0 radical (unpaired) electrons. The molecule has 0 spiro atoms. The number of nitrogens with one attached hydrogen (secondary N) is 2. The van der Waals surface area contributed by atoms with Crippen LogP contribution in [0, 0.1) is 0 Å². The zero-order valence-electron chi connectivity index (χ0n) is 12.7. The molecule has 9 heteroatoms. The van der Waals surface area contributed by atoms with Crippen molar-refractivity contribution in [2.45, 2.75) is 5.25 Å². The molecule has 1 atom stereocenters. The summed E-state index contributed by atoms with van der Waals surface area (Å²) in [4.78, 5) is 4.94. The van der Waals surface area contributed by atoms with E-state index in [0.29, 0.717) is 17.6 Å². The molecule has 1 fully saturated rings. The number of rotatable bonds is 2. The molecule has 23 heavy (non-hydrogen) atoms. The van der Waals surface area contributed by atoms with Gasteiger partial charge in [-0.2, -0.15) is 5.10 Å². The summed E-state index contributed by atoms with van der Waals surface area (Å²) in [6.07, 6.45) is 3.87. The number of hydrogen-bond donors (Lipinski definition) is 3. The highest BCUT2D eigenvalue weighted by atomic mass is 79.9. The van der Waals surface area contributed by atoms with Crippen LogP contribution in [0.3, 0.4) is 0 Å². The molecule has 4 N–H and O–H groups in total. The number of aryl methyl sites for hydroxylation is 1. The van der Waals surface area contributed by atoms with E-state index in [1.807, 2.05) is 36.2 Å². The third-order valence-electron chi connectivity index (χ3n) is 4.10. The summed E-state index contributed by atoms with van der Waals surface area (Å²) in [5.74, 6) is 2.62. The van der Waals surface area contributed by atoms with E-state index in [-0.39, 0.29) is 0 Å². The molecule has 0 saturated carbocycles. The number of thioether (sulfide) groups is 1. The normalized spacial score (nSPS) is 25.0. The van der Waals surface area contributed by atoms with Gasteiger partial charge in [0.05, 0.1) is 21.6 Å². The lowest BCUT2D eigenvalue weighted by Gasteiger charge is -2.31. The number of halogens is 1. The number of aliphatic imine (C=N–C) groups is 1. The zero-order valence-corrected chi connectivity index (χ0v) is 15.1. The predicted octanol–water partition coefficient (Wildman–Crippen LogP) is 0.591. The SMILES string of the molecule is Cn1cc(C2=C3N=C(C4CNCCS4)C(Br)=C(N)N3NC2)cn1. The molecule has 1 aromatic heterocycles. The van der Waals surface area contributed by atoms with E-state index in [2.05, 4.69) is 31.8 Å². The molecule has 122 valence electrons. The van der Waals surface area contributed by atoms with Gasteiger partial charge in [-0.3, -0.25) is 4.68 Å². The average molecular weight is 396 g/mol. The number of nitrogens with zero attached hydrogens (tertiary/aromatic N) is 4. The quantitative estimate of drug-likeness (QED) is 0.679. The highest BCUT2D eigenvalue weighted by molar-refractivity contribution is 9.12. The Balaban J connectivity index is 1.77. The number of fused-ring (bicyclic) bond motifs is 1. The van der Waals surface area contributed by atoms with Gasteiger partial charge in [-0.15, -0.1) is 11.8 Å². The molecule has 7 nitrogen and oxygen atoms in total. The van der Waals surface area contributed by atoms with Crippen LogP contribution in [0.5, 0.6) is 0 Å². The molecular formula is C14H18BrN7S. The topological polar surface area (TPSA) is 83.5 Å². The Kier molecular flexibility index (Phi) is 3.96. The van der Waals surface area contributed by atoms with Crippen LogP contribution in [-0.2, 0) is 7.05 Å². The van der Waals surface area contributed by atoms with Gasteiger partial charge >= 0.3 is 0 Å². The first-order valence-corrected chi connectivity index (χ1v) is 9.31. The van der Waals surface area contributed by atoms with Crippen molar-refractivity contribution in [3.8, 4) is 0 Å². The Morgan fingerprint density at radius 1 is 1.48 bits per heavy atom. The maximum Gasteiger partial charge on any atom is 0.154 e. The average Bonchev–Trinajstić information content (AvgIpc) is 3.17.